The Labute approximate surface area is 157 Å². The van der Waals surface area contributed by atoms with E-state index >= 15 is 0 Å². The maximum atomic E-state index is 13.2. The Bertz CT molecular complexity index is 761. The number of Topliss-reactive ketones (excluding diaryl/α,β-unsaturated/α-hetero) is 1. The molecule has 0 spiro atoms. The zero-order valence-corrected chi connectivity index (χ0v) is 16.2. The average molecular weight is 352 g/mol. The molecule has 26 heavy (non-hydrogen) atoms. The molecule has 2 rings (SSSR count). The van der Waals surface area contributed by atoms with Gasteiger partial charge in [-0.1, -0.05) is 43.4 Å². The van der Waals surface area contributed by atoms with E-state index in [1.165, 1.54) is 0 Å². The minimum atomic E-state index is -0.852. The quantitative estimate of drug-likeness (QED) is 0.377. The summed E-state index contributed by atoms with van der Waals surface area (Å²) in [5, 5.41) is 0. The topological polar surface area (TPSA) is 35.5 Å². The fourth-order valence-electron chi connectivity index (χ4n) is 3.17. The lowest BCUT2D eigenvalue weighted by atomic mass is 9.61. The standard InChI is InChI=1S/C23H28O3/c1-6-8-9-10-14-20-21(24)23(15-7-2,22(20)26-17(3)4)18-12-11-13-19(16-18)25-5/h7,11-13,16-17H,2,6,8-9,15H2,1,3-5H3. The first-order valence-corrected chi connectivity index (χ1v) is 9.21. The van der Waals surface area contributed by atoms with Crippen LogP contribution in [0, 0.1) is 11.8 Å². The minimum Gasteiger partial charge on any atom is -0.497 e. The first-order valence-electron chi connectivity index (χ1n) is 9.21. The van der Waals surface area contributed by atoms with E-state index in [-0.39, 0.29) is 11.9 Å². The van der Waals surface area contributed by atoms with Gasteiger partial charge in [-0.3, -0.25) is 4.79 Å². The van der Waals surface area contributed by atoms with E-state index in [2.05, 4.69) is 25.3 Å². The molecule has 1 atom stereocenters. The highest BCUT2D eigenvalue weighted by Gasteiger charge is 2.56. The highest BCUT2D eigenvalue weighted by atomic mass is 16.5. The Hall–Kier alpha value is -2.47. The number of hydrogen-bond donors (Lipinski definition) is 0. The molecule has 0 saturated carbocycles. The van der Waals surface area contributed by atoms with Gasteiger partial charge in [-0.15, -0.1) is 6.58 Å². The second kappa shape index (κ2) is 8.76. The molecule has 0 fully saturated rings. The van der Waals surface area contributed by atoms with E-state index in [1.54, 1.807) is 13.2 Å². The molecule has 3 heteroatoms. The molecule has 1 aliphatic rings. The van der Waals surface area contributed by atoms with Crippen LogP contribution in [0.15, 0.2) is 48.3 Å². The van der Waals surface area contributed by atoms with Crippen molar-refractivity contribution < 1.29 is 14.3 Å². The summed E-state index contributed by atoms with van der Waals surface area (Å²) in [5.41, 5.74) is 0.506. The van der Waals surface area contributed by atoms with Crippen molar-refractivity contribution in [2.24, 2.45) is 0 Å². The Kier molecular flexibility index (Phi) is 6.69. The highest BCUT2D eigenvalue weighted by molar-refractivity contribution is 6.16. The molecule has 0 bridgehead atoms. The van der Waals surface area contributed by atoms with Crippen LogP contribution >= 0.6 is 0 Å². The van der Waals surface area contributed by atoms with E-state index in [0.29, 0.717) is 23.5 Å². The zero-order chi connectivity index (χ0) is 19.2. The van der Waals surface area contributed by atoms with E-state index in [1.807, 2.05) is 38.1 Å². The van der Waals surface area contributed by atoms with Crippen molar-refractivity contribution in [3.8, 4) is 17.6 Å². The summed E-state index contributed by atoms with van der Waals surface area (Å²) in [4.78, 5) is 13.2. The molecule has 138 valence electrons. The maximum Gasteiger partial charge on any atom is 0.193 e. The van der Waals surface area contributed by atoms with Gasteiger partial charge >= 0.3 is 0 Å². The van der Waals surface area contributed by atoms with Gasteiger partial charge in [0, 0.05) is 6.42 Å². The van der Waals surface area contributed by atoms with Crippen LogP contribution in [0.1, 0.15) is 52.0 Å². The number of ketones is 1. The average Bonchev–Trinajstić information content (AvgIpc) is 2.64. The zero-order valence-electron chi connectivity index (χ0n) is 16.2. The second-order valence-electron chi connectivity index (χ2n) is 6.74. The van der Waals surface area contributed by atoms with Gasteiger partial charge in [0.2, 0.25) is 0 Å². The number of rotatable bonds is 8. The smallest absolute Gasteiger partial charge is 0.193 e. The van der Waals surface area contributed by atoms with Crippen molar-refractivity contribution in [3.05, 3.63) is 53.8 Å². The normalized spacial score (nSPS) is 18.9. The number of carbonyl (C=O) groups excluding carboxylic acids is 1. The van der Waals surface area contributed by atoms with Gasteiger partial charge in [-0.25, -0.2) is 0 Å². The summed E-state index contributed by atoms with van der Waals surface area (Å²) in [6.45, 7) is 9.90. The molecule has 0 radical (unpaired) electrons. The molecular formula is C23H28O3. The third-order valence-corrected chi connectivity index (χ3v) is 4.46. The van der Waals surface area contributed by atoms with Gasteiger partial charge in [0.25, 0.3) is 0 Å². The number of ether oxygens (including phenoxy) is 2. The fourth-order valence-corrected chi connectivity index (χ4v) is 3.17. The monoisotopic (exact) mass is 352 g/mol. The molecule has 1 aromatic carbocycles. The largest absolute Gasteiger partial charge is 0.497 e. The van der Waals surface area contributed by atoms with Crippen LogP contribution in [0.25, 0.3) is 0 Å². The van der Waals surface area contributed by atoms with Gasteiger partial charge in [-0.05, 0) is 44.4 Å². The fraction of sp³-hybridized carbons (Fsp3) is 0.435. The predicted molar refractivity (Wildman–Crippen MR) is 105 cm³/mol. The lowest BCUT2D eigenvalue weighted by Gasteiger charge is -2.42. The molecule has 0 saturated heterocycles. The van der Waals surface area contributed by atoms with Crippen molar-refractivity contribution in [2.75, 3.05) is 7.11 Å². The molecule has 0 amide bonds. The molecule has 0 N–H and O–H groups in total. The van der Waals surface area contributed by atoms with Gasteiger partial charge in [0.15, 0.2) is 5.78 Å². The number of benzene rings is 1. The van der Waals surface area contributed by atoms with Crippen molar-refractivity contribution in [2.45, 2.75) is 58.0 Å². The van der Waals surface area contributed by atoms with Gasteiger partial charge in [0.1, 0.15) is 22.5 Å². The SMILES string of the molecule is C=CCC1(c2cccc(OC)c2)C(=O)C(C#CCCCC)=C1OC(C)C. The lowest BCUT2D eigenvalue weighted by molar-refractivity contribution is -0.124. The van der Waals surface area contributed by atoms with Crippen molar-refractivity contribution in [1.82, 2.24) is 0 Å². The number of allylic oxidation sites excluding steroid dienone is 3. The summed E-state index contributed by atoms with van der Waals surface area (Å²) in [6, 6.07) is 7.60. The highest BCUT2D eigenvalue weighted by Crippen LogP contribution is 2.49. The predicted octanol–water partition coefficient (Wildman–Crippen LogP) is 4.96. The molecule has 1 aliphatic carbocycles. The van der Waals surface area contributed by atoms with Crippen LogP contribution in [0.2, 0.25) is 0 Å². The van der Waals surface area contributed by atoms with Crippen LogP contribution in [-0.2, 0) is 14.9 Å². The van der Waals surface area contributed by atoms with E-state index in [4.69, 9.17) is 9.47 Å². The summed E-state index contributed by atoms with van der Waals surface area (Å²) in [5.74, 6) is 7.56. The maximum absolute atomic E-state index is 13.2. The first kappa shape index (κ1) is 19.8. The Morgan fingerprint density at radius 3 is 2.73 bits per heavy atom. The van der Waals surface area contributed by atoms with Crippen molar-refractivity contribution in [3.63, 3.8) is 0 Å². The van der Waals surface area contributed by atoms with E-state index in [9.17, 15) is 4.79 Å². The molecule has 0 aromatic heterocycles. The minimum absolute atomic E-state index is 0.00491. The Morgan fingerprint density at radius 1 is 1.35 bits per heavy atom. The summed E-state index contributed by atoms with van der Waals surface area (Å²) in [7, 11) is 1.62. The first-order chi connectivity index (χ1) is 12.5. The van der Waals surface area contributed by atoms with Crippen molar-refractivity contribution >= 4 is 5.78 Å². The Morgan fingerprint density at radius 2 is 2.12 bits per heavy atom. The molecule has 0 heterocycles. The number of methoxy groups -OCH3 is 1. The van der Waals surface area contributed by atoms with Crippen LogP contribution in [-0.4, -0.2) is 19.0 Å². The third-order valence-electron chi connectivity index (χ3n) is 4.46. The molecule has 0 aliphatic heterocycles. The van der Waals surface area contributed by atoms with E-state index in [0.717, 1.165) is 24.8 Å². The molecular weight excluding hydrogens is 324 g/mol. The number of unbranched alkanes of at least 4 members (excludes halogenated alkanes) is 2. The summed E-state index contributed by atoms with van der Waals surface area (Å²) >= 11 is 0. The number of hydrogen-bond acceptors (Lipinski definition) is 3. The Balaban J connectivity index is 2.55. The third kappa shape index (κ3) is 3.70. The van der Waals surface area contributed by atoms with Crippen LogP contribution in [0.3, 0.4) is 0 Å². The lowest BCUT2D eigenvalue weighted by Crippen LogP contribution is -2.49. The van der Waals surface area contributed by atoms with Crippen molar-refractivity contribution in [1.29, 1.82) is 0 Å². The molecule has 1 aromatic rings. The number of carbonyl (C=O) groups is 1. The van der Waals surface area contributed by atoms with Crippen LogP contribution in [0.4, 0.5) is 0 Å². The van der Waals surface area contributed by atoms with Gasteiger partial charge in [-0.2, -0.15) is 0 Å². The summed E-state index contributed by atoms with van der Waals surface area (Å²) < 4.78 is 11.4. The molecule has 3 nitrogen and oxygen atoms in total. The van der Waals surface area contributed by atoms with E-state index < -0.39 is 5.41 Å². The van der Waals surface area contributed by atoms with Gasteiger partial charge in [0.05, 0.1) is 13.2 Å². The summed E-state index contributed by atoms with van der Waals surface area (Å²) in [6.07, 6.45) is 5.10. The van der Waals surface area contributed by atoms with Crippen LogP contribution in [0.5, 0.6) is 5.75 Å². The van der Waals surface area contributed by atoms with Crippen LogP contribution < -0.4 is 4.74 Å². The molecule has 1 unspecified atom stereocenters. The van der Waals surface area contributed by atoms with Gasteiger partial charge < -0.3 is 9.47 Å². The second-order valence-corrected chi connectivity index (χ2v) is 6.74.